The van der Waals surface area contributed by atoms with Gasteiger partial charge in [-0.1, -0.05) is 22.9 Å². The highest BCUT2D eigenvalue weighted by Gasteiger charge is 2.20. The number of hydrogen-bond acceptors (Lipinski definition) is 3. The van der Waals surface area contributed by atoms with Crippen LogP contribution in [0.5, 0.6) is 0 Å². The predicted molar refractivity (Wildman–Crippen MR) is 81.1 cm³/mol. The van der Waals surface area contributed by atoms with Crippen molar-refractivity contribution in [3.63, 3.8) is 0 Å². The maximum atomic E-state index is 14.2. The first-order valence-electron chi connectivity index (χ1n) is 6.52. The van der Waals surface area contributed by atoms with Crippen LogP contribution in [0.2, 0.25) is 0 Å². The van der Waals surface area contributed by atoms with Crippen LogP contribution in [0, 0.1) is 19.7 Å². The van der Waals surface area contributed by atoms with Gasteiger partial charge in [-0.25, -0.2) is 4.39 Å². The van der Waals surface area contributed by atoms with Crippen LogP contribution in [-0.2, 0) is 0 Å². The molecule has 0 spiro atoms. The van der Waals surface area contributed by atoms with Crippen molar-refractivity contribution in [3.05, 3.63) is 57.1 Å². The van der Waals surface area contributed by atoms with E-state index in [1.807, 2.05) is 26.8 Å². The molecule has 0 aliphatic heterocycles. The molecule has 1 heterocycles. The maximum Gasteiger partial charge on any atom is 0.128 e. The monoisotopic (exact) mass is 337 g/mol. The molecule has 1 aromatic carbocycles. The lowest BCUT2D eigenvalue weighted by Crippen LogP contribution is -2.24. The second-order valence-corrected chi connectivity index (χ2v) is 5.60. The van der Waals surface area contributed by atoms with Crippen molar-refractivity contribution < 1.29 is 4.39 Å². The molecule has 1 atom stereocenters. The molecule has 0 radical (unpaired) electrons. The number of rotatable bonds is 4. The van der Waals surface area contributed by atoms with Gasteiger partial charge in [0.2, 0.25) is 0 Å². The highest BCUT2D eigenvalue weighted by molar-refractivity contribution is 9.10. The number of benzene rings is 1. The maximum absolute atomic E-state index is 14.2. The normalized spacial score (nSPS) is 12.4. The molecule has 106 valence electrons. The van der Waals surface area contributed by atoms with Gasteiger partial charge in [0.15, 0.2) is 0 Å². The third-order valence-electron chi connectivity index (χ3n) is 3.13. The molecule has 0 aliphatic rings. The smallest absolute Gasteiger partial charge is 0.128 e. The number of hydrogen-bond donors (Lipinski definition) is 1. The molecular formula is C15H17BrFN3. The number of aryl methyl sites for hydroxylation is 2. The van der Waals surface area contributed by atoms with Crippen LogP contribution >= 0.6 is 15.9 Å². The Morgan fingerprint density at radius 2 is 1.95 bits per heavy atom. The SMILES string of the molecule is CCNC(c1cc(Br)ccc1F)c1cc(C)nnc1C. The summed E-state index contributed by atoms with van der Waals surface area (Å²) >= 11 is 3.40. The van der Waals surface area contributed by atoms with Crippen molar-refractivity contribution in [2.45, 2.75) is 26.8 Å². The molecule has 0 bridgehead atoms. The summed E-state index contributed by atoms with van der Waals surface area (Å²) in [4.78, 5) is 0. The van der Waals surface area contributed by atoms with Gasteiger partial charge >= 0.3 is 0 Å². The molecule has 2 aromatic rings. The van der Waals surface area contributed by atoms with E-state index >= 15 is 0 Å². The molecule has 0 saturated heterocycles. The summed E-state index contributed by atoms with van der Waals surface area (Å²) in [5.41, 5.74) is 3.19. The molecule has 2 rings (SSSR count). The van der Waals surface area contributed by atoms with E-state index in [0.29, 0.717) is 5.56 Å². The van der Waals surface area contributed by atoms with Crippen LogP contribution in [0.3, 0.4) is 0 Å². The van der Waals surface area contributed by atoms with Crippen LogP contribution in [0.25, 0.3) is 0 Å². The Labute approximate surface area is 126 Å². The van der Waals surface area contributed by atoms with Crippen molar-refractivity contribution in [1.29, 1.82) is 0 Å². The van der Waals surface area contributed by atoms with Crippen LogP contribution < -0.4 is 5.32 Å². The van der Waals surface area contributed by atoms with Gasteiger partial charge in [0, 0.05) is 10.0 Å². The first kappa shape index (κ1) is 15.1. The summed E-state index contributed by atoms with van der Waals surface area (Å²) in [7, 11) is 0. The molecular weight excluding hydrogens is 321 g/mol. The van der Waals surface area contributed by atoms with Crippen molar-refractivity contribution in [3.8, 4) is 0 Å². The lowest BCUT2D eigenvalue weighted by atomic mass is 9.97. The van der Waals surface area contributed by atoms with E-state index in [9.17, 15) is 4.39 Å². The van der Waals surface area contributed by atoms with E-state index in [1.165, 1.54) is 6.07 Å². The summed E-state index contributed by atoms with van der Waals surface area (Å²) in [6, 6.07) is 6.70. The van der Waals surface area contributed by atoms with E-state index in [4.69, 9.17) is 0 Å². The zero-order chi connectivity index (χ0) is 14.7. The fourth-order valence-corrected chi connectivity index (χ4v) is 2.57. The number of nitrogens with one attached hydrogen (secondary N) is 1. The Morgan fingerprint density at radius 3 is 2.65 bits per heavy atom. The Kier molecular flexibility index (Phi) is 4.83. The highest BCUT2D eigenvalue weighted by atomic mass is 79.9. The predicted octanol–water partition coefficient (Wildman–Crippen LogP) is 3.69. The zero-order valence-electron chi connectivity index (χ0n) is 11.7. The molecule has 0 fully saturated rings. The van der Waals surface area contributed by atoms with Crippen molar-refractivity contribution in [2.75, 3.05) is 6.54 Å². The largest absolute Gasteiger partial charge is 0.306 e. The second-order valence-electron chi connectivity index (χ2n) is 4.68. The molecule has 1 aromatic heterocycles. The molecule has 5 heteroatoms. The standard InChI is InChI=1S/C15H17BrFN3/c1-4-18-15(12-7-9(2)19-20-10(12)3)13-8-11(16)5-6-14(13)17/h5-8,15,18H,4H2,1-3H3. The third kappa shape index (κ3) is 3.22. The number of aromatic nitrogens is 2. The van der Waals surface area contributed by atoms with Gasteiger partial charge in [-0.2, -0.15) is 10.2 Å². The second kappa shape index (κ2) is 6.41. The van der Waals surface area contributed by atoms with E-state index in [1.54, 1.807) is 12.1 Å². The summed E-state index contributed by atoms with van der Waals surface area (Å²) in [6.45, 7) is 6.51. The van der Waals surface area contributed by atoms with Crippen molar-refractivity contribution in [2.24, 2.45) is 0 Å². The van der Waals surface area contributed by atoms with E-state index < -0.39 is 0 Å². The minimum atomic E-state index is -0.230. The average Bonchev–Trinajstić information content (AvgIpc) is 2.42. The van der Waals surface area contributed by atoms with Crippen LogP contribution in [0.1, 0.15) is 35.5 Å². The van der Waals surface area contributed by atoms with Crippen LogP contribution in [0.4, 0.5) is 4.39 Å². The fraction of sp³-hybridized carbons (Fsp3) is 0.333. The lowest BCUT2D eigenvalue weighted by Gasteiger charge is -2.21. The molecule has 0 saturated carbocycles. The van der Waals surface area contributed by atoms with Gasteiger partial charge in [-0.3, -0.25) is 0 Å². The van der Waals surface area contributed by atoms with Crippen LogP contribution in [-0.4, -0.2) is 16.7 Å². The number of nitrogens with zero attached hydrogens (tertiary/aromatic N) is 2. The minimum Gasteiger partial charge on any atom is -0.306 e. The molecule has 0 amide bonds. The highest BCUT2D eigenvalue weighted by Crippen LogP contribution is 2.28. The minimum absolute atomic E-state index is 0.229. The summed E-state index contributed by atoms with van der Waals surface area (Å²) in [5, 5.41) is 11.5. The molecule has 0 aliphatic carbocycles. The topological polar surface area (TPSA) is 37.8 Å². The zero-order valence-corrected chi connectivity index (χ0v) is 13.3. The molecule has 20 heavy (non-hydrogen) atoms. The van der Waals surface area contributed by atoms with Gasteiger partial charge in [0.05, 0.1) is 17.4 Å². The number of halogens is 2. The van der Waals surface area contributed by atoms with Gasteiger partial charge < -0.3 is 5.32 Å². The summed E-state index contributed by atoms with van der Waals surface area (Å²) in [6.07, 6.45) is 0. The Hall–Kier alpha value is -1.33. The molecule has 1 unspecified atom stereocenters. The van der Waals surface area contributed by atoms with E-state index in [2.05, 4.69) is 31.4 Å². The van der Waals surface area contributed by atoms with Crippen molar-refractivity contribution in [1.82, 2.24) is 15.5 Å². The van der Waals surface area contributed by atoms with Gasteiger partial charge in [0.25, 0.3) is 0 Å². The summed E-state index contributed by atoms with van der Waals surface area (Å²) < 4.78 is 15.0. The average molecular weight is 338 g/mol. The first-order valence-corrected chi connectivity index (χ1v) is 7.31. The van der Waals surface area contributed by atoms with Gasteiger partial charge in [0.1, 0.15) is 5.82 Å². The first-order chi connectivity index (χ1) is 9.52. The van der Waals surface area contributed by atoms with E-state index in [-0.39, 0.29) is 11.9 Å². The Morgan fingerprint density at radius 1 is 1.20 bits per heavy atom. The van der Waals surface area contributed by atoms with Gasteiger partial charge in [-0.15, -0.1) is 0 Å². The van der Waals surface area contributed by atoms with Gasteiger partial charge in [-0.05, 0) is 50.2 Å². The van der Waals surface area contributed by atoms with Crippen molar-refractivity contribution >= 4 is 15.9 Å². The van der Waals surface area contributed by atoms with Crippen LogP contribution in [0.15, 0.2) is 28.7 Å². The summed E-state index contributed by atoms with van der Waals surface area (Å²) in [5.74, 6) is -0.229. The lowest BCUT2D eigenvalue weighted by molar-refractivity contribution is 0.554. The van der Waals surface area contributed by atoms with E-state index in [0.717, 1.165) is 28.0 Å². The molecule has 3 nitrogen and oxygen atoms in total. The quantitative estimate of drug-likeness (QED) is 0.924. The fourth-order valence-electron chi connectivity index (χ4n) is 2.19. The Balaban J connectivity index is 2.55. The molecule has 1 N–H and O–H groups in total. The Bertz CT molecular complexity index is 565. The third-order valence-corrected chi connectivity index (χ3v) is 3.62.